The molecule has 0 radical (unpaired) electrons. The highest BCUT2D eigenvalue weighted by molar-refractivity contribution is 5.75. The molecule has 0 saturated carbocycles. The standard InChI is InChI=1S/C12H13NO5/c1-3-8-5-6-11(9(7-8)13(16)17)18-10(4-2)12(14)15/h4-7,10H,2-3H2,1H3,(H,14,15). The molecule has 0 spiro atoms. The molecule has 0 fully saturated rings. The van der Waals surface area contributed by atoms with Gasteiger partial charge in [-0.05, 0) is 24.1 Å². The van der Waals surface area contributed by atoms with E-state index in [1.807, 2.05) is 6.92 Å². The van der Waals surface area contributed by atoms with E-state index in [2.05, 4.69) is 6.58 Å². The molecule has 6 heteroatoms. The number of carbonyl (C=O) groups is 1. The highest BCUT2D eigenvalue weighted by Crippen LogP contribution is 2.29. The Morgan fingerprint density at radius 1 is 1.67 bits per heavy atom. The number of hydrogen-bond donors (Lipinski definition) is 1. The number of ether oxygens (including phenoxy) is 1. The number of nitrogens with zero attached hydrogens (tertiary/aromatic N) is 1. The molecule has 0 aliphatic carbocycles. The van der Waals surface area contributed by atoms with Crippen LogP contribution in [0, 0.1) is 10.1 Å². The Labute approximate surface area is 104 Å². The fourth-order valence-corrected chi connectivity index (χ4v) is 1.36. The van der Waals surface area contributed by atoms with Crippen LogP contribution in [0.3, 0.4) is 0 Å². The second-order valence-corrected chi connectivity index (χ2v) is 3.53. The summed E-state index contributed by atoms with van der Waals surface area (Å²) in [5, 5.41) is 19.7. The van der Waals surface area contributed by atoms with Gasteiger partial charge in [-0.15, -0.1) is 0 Å². The fraction of sp³-hybridized carbons (Fsp3) is 0.250. The molecule has 1 aromatic rings. The van der Waals surface area contributed by atoms with Crippen LogP contribution in [0.1, 0.15) is 12.5 Å². The summed E-state index contributed by atoms with van der Waals surface area (Å²) in [7, 11) is 0. The Morgan fingerprint density at radius 3 is 2.78 bits per heavy atom. The van der Waals surface area contributed by atoms with E-state index in [4.69, 9.17) is 9.84 Å². The topological polar surface area (TPSA) is 89.7 Å². The van der Waals surface area contributed by atoms with Gasteiger partial charge in [-0.1, -0.05) is 19.6 Å². The van der Waals surface area contributed by atoms with E-state index in [0.717, 1.165) is 11.6 Å². The molecule has 96 valence electrons. The third-order valence-corrected chi connectivity index (χ3v) is 2.34. The van der Waals surface area contributed by atoms with Crippen LogP contribution in [0.4, 0.5) is 5.69 Å². The first kappa shape index (κ1) is 13.7. The van der Waals surface area contributed by atoms with Crippen molar-refractivity contribution in [2.24, 2.45) is 0 Å². The fourth-order valence-electron chi connectivity index (χ4n) is 1.36. The summed E-state index contributed by atoms with van der Waals surface area (Å²) < 4.78 is 5.06. The van der Waals surface area contributed by atoms with Crippen molar-refractivity contribution in [2.75, 3.05) is 0 Å². The highest BCUT2D eigenvalue weighted by Gasteiger charge is 2.21. The summed E-state index contributed by atoms with van der Waals surface area (Å²) in [5.41, 5.74) is 0.530. The molecule has 0 amide bonds. The third kappa shape index (κ3) is 3.07. The molecule has 0 aromatic heterocycles. The summed E-state index contributed by atoms with van der Waals surface area (Å²) in [4.78, 5) is 21.1. The van der Waals surface area contributed by atoms with E-state index < -0.39 is 17.0 Å². The van der Waals surface area contributed by atoms with Gasteiger partial charge in [0.1, 0.15) is 0 Å². The molecule has 0 heterocycles. The summed E-state index contributed by atoms with van der Waals surface area (Å²) in [6, 6.07) is 4.43. The smallest absolute Gasteiger partial charge is 0.349 e. The minimum atomic E-state index is -1.31. The maximum absolute atomic E-state index is 10.9. The largest absolute Gasteiger partial charge is 0.478 e. The number of benzene rings is 1. The van der Waals surface area contributed by atoms with Gasteiger partial charge >= 0.3 is 11.7 Å². The lowest BCUT2D eigenvalue weighted by Crippen LogP contribution is -2.24. The summed E-state index contributed by atoms with van der Waals surface area (Å²) >= 11 is 0. The zero-order valence-electron chi connectivity index (χ0n) is 9.83. The number of aryl methyl sites for hydroxylation is 1. The van der Waals surface area contributed by atoms with Crippen molar-refractivity contribution in [1.29, 1.82) is 0 Å². The lowest BCUT2D eigenvalue weighted by atomic mass is 10.1. The minimum Gasteiger partial charge on any atom is -0.478 e. The highest BCUT2D eigenvalue weighted by atomic mass is 16.6. The Hall–Kier alpha value is -2.37. The molecule has 0 aliphatic heterocycles. The maximum Gasteiger partial charge on any atom is 0.349 e. The van der Waals surface area contributed by atoms with Gasteiger partial charge in [0.25, 0.3) is 0 Å². The predicted octanol–water partition coefficient (Wildman–Crippen LogP) is 2.18. The van der Waals surface area contributed by atoms with Crippen LogP contribution in [0.2, 0.25) is 0 Å². The van der Waals surface area contributed by atoms with Crippen LogP contribution >= 0.6 is 0 Å². The van der Waals surface area contributed by atoms with Gasteiger partial charge in [-0.3, -0.25) is 10.1 Å². The van der Waals surface area contributed by atoms with Gasteiger partial charge in [0.15, 0.2) is 5.75 Å². The van der Waals surface area contributed by atoms with Crippen molar-refractivity contribution in [3.63, 3.8) is 0 Å². The number of carboxylic acids is 1. The maximum atomic E-state index is 10.9. The average Bonchev–Trinajstić information content (AvgIpc) is 2.35. The van der Waals surface area contributed by atoms with Gasteiger partial charge in [0.2, 0.25) is 6.10 Å². The SMILES string of the molecule is C=CC(Oc1ccc(CC)cc1[N+](=O)[O-])C(=O)O. The minimum absolute atomic E-state index is 0.0792. The number of nitro benzene ring substituents is 1. The van der Waals surface area contributed by atoms with Crippen LogP contribution in [0.25, 0.3) is 0 Å². The van der Waals surface area contributed by atoms with E-state index in [9.17, 15) is 14.9 Å². The van der Waals surface area contributed by atoms with Gasteiger partial charge in [0.05, 0.1) is 4.92 Å². The van der Waals surface area contributed by atoms with Gasteiger partial charge < -0.3 is 9.84 Å². The van der Waals surface area contributed by atoms with Crippen LogP contribution in [0.5, 0.6) is 5.75 Å². The lowest BCUT2D eigenvalue weighted by Gasteiger charge is -2.11. The third-order valence-electron chi connectivity index (χ3n) is 2.34. The second-order valence-electron chi connectivity index (χ2n) is 3.53. The number of aliphatic carboxylic acids is 1. The van der Waals surface area contributed by atoms with Crippen LogP contribution < -0.4 is 4.74 Å². The first-order valence-corrected chi connectivity index (χ1v) is 5.29. The molecular weight excluding hydrogens is 238 g/mol. The second kappa shape index (κ2) is 5.81. The lowest BCUT2D eigenvalue weighted by molar-refractivity contribution is -0.386. The monoisotopic (exact) mass is 251 g/mol. The first-order chi connectivity index (χ1) is 8.49. The van der Waals surface area contributed by atoms with Crippen LogP contribution in [0.15, 0.2) is 30.9 Å². The molecule has 6 nitrogen and oxygen atoms in total. The Balaban J connectivity index is 3.11. The number of nitro groups is 1. The summed E-state index contributed by atoms with van der Waals surface area (Å²) in [6.45, 7) is 5.18. The Bertz CT molecular complexity index is 483. The van der Waals surface area contributed by atoms with E-state index in [1.165, 1.54) is 12.1 Å². The average molecular weight is 251 g/mol. The summed E-state index contributed by atoms with van der Waals surface area (Å²) in [6.07, 6.45) is 0.404. The van der Waals surface area contributed by atoms with E-state index >= 15 is 0 Å². The van der Waals surface area contributed by atoms with Crippen LogP contribution in [-0.2, 0) is 11.2 Å². The van der Waals surface area contributed by atoms with Crippen molar-refractivity contribution >= 4 is 11.7 Å². The van der Waals surface area contributed by atoms with E-state index in [-0.39, 0.29) is 11.4 Å². The molecule has 1 atom stereocenters. The normalized spacial score (nSPS) is 11.6. The van der Waals surface area contributed by atoms with Gasteiger partial charge in [0, 0.05) is 6.07 Å². The van der Waals surface area contributed by atoms with E-state index in [1.54, 1.807) is 6.07 Å². The molecule has 1 aromatic carbocycles. The molecule has 1 unspecified atom stereocenters. The Kier molecular flexibility index (Phi) is 4.42. The van der Waals surface area contributed by atoms with Crippen molar-refractivity contribution in [3.05, 3.63) is 46.5 Å². The van der Waals surface area contributed by atoms with Crippen LogP contribution in [-0.4, -0.2) is 22.1 Å². The zero-order valence-corrected chi connectivity index (χ0v) is 9.83. The number of rotatable bonds is 6. The summed E-state index contributed by atoms with van der Waals surface area (Å²) in [5.74, 6) is -1.33. The van der Waals surface area contributed by atoms with Gasteiger partial charge in [-0.25, -0.2) is 4.79 Å². The van der Waals surface area contributed by atoms with Crippen molar-refractivity contribution < 1.29 is 19.6 Å². The molecule has 0 aliphatic rings. The Morgan fingerprint density at radius 2 is 2.33 bits per heavy atom. The molecule has 1 rings (SSSR count). The number of carboxylic acid groups (broad SMARTS) is 1. The van der Waals surface area contributed by atoms with Crippen molar-refractivity contribution in [3.8, 4) is 5.75 Å². The molecular formula is C12H13NO5. The zero-order chi connectivity index (χ0) is 13.7. The number of hydrogen-bond acceptors (Lipinski definition) is 4. The molecule has 1 N–H and O–H groups in total. The van der Waals surface area contributed by atoms with Crippen molar-refractivity contribution in [1.82, 2.24) is 0 Å². The molecule has 18 heavy (non-hydrogen) atoms. The quantitative estimate of drug-likeness (QED) is 0.475. The van der Waals surface area contributed by atoms with Gasteiger partial charge in [-0.2, -0.15) is 0 Å². The predicted molar refractivity (Wildman–Crippen MR) is 64.7 cm³/mol. The first-order valence-electron chi connectivity index (χ1n) is 5.29. The molecule has 0 bridgehead atoms. The van der Waals surface area contributed by atoms with Crippen molar-refractivity contribution in [2.45, 2.75) is 19.4 Å². The van der Waals surface area contributed by atoms with E-state index in [0.29, 0.717) is 6.42 Å². The molecule has 0 saturated heterocycles.